The third-order valence-electron chi connectivity index (χ3n) is 6.58. The van der Waals surface area contributed by atoms with Crippen molar-refractivity contribution in [1.29, 1.82) is 0 Å². The van der Waals surface area contributed by atoms with E-state index in [1.165, 1.54) is 11.8 Å². The van der Waals surface area contributed by atoms with Gasteiger partial charge in [0.1, 0.15) is 5.60 Å². The molecule has 0 bridgehead atoms. The topological polar surface area (TPSA) is 76.5 Å². The van der Waals surface area contributed by atoms with E-state index in [4.69, 9.17) is 4.74 Å². The Morgan fingerprint density at radius 2 is 1.88 bits per heavy atom. The second-order valence-electron chi connectivity index (χ2n) is 10.3. The van der Waals surface area contributed by atoms with E-state index in [0.29, 0.717) is 6.42 Å². The molecule has 178 valence electrons. The number of carbonyl (C=O) groups excluding carboxylic acids is 2. The number of nitrogens with zero attached hydrogens (tertiary/aromatic N) is 1. The molecule has 0 radical (unpaired) electrons. The summed E-state index contributed by atoms with van der Waals surface area (Å²) in [4.78, 5) is 31.5. The molecule has 5 nitrogen and oxygen atoms in total. The van der Waals surface area contributed by atoms with E-state index in [9.17, 15) is 14.7 Å². The van der Waals surface area contributed by atoms with Crippen LogP contribution in [-0.2, 0) is 32.8 Å². The lowest BCUT2D eigenvalue weighted by molar-refractivity contribution is -0.176. The number of benzene rings is 1. The van der Waals surface area contributed by atoms with Gasteiger partial charge in [-0.15, -0.1) is 11.8 Å². The molecule has 1 aliphatic heterocycles. The van der Waals surface area contributed by atoms with E-state index < -0.39 is 16.8 Å². The number of aromatic nitrogens is 1. The van der Waals surface area contributed by atoms with Crippen LogP contribution in [0.1, 0.15) is 69.7 Å². The number of aliphatic hydroxyl groups excluding tert-OH is 1. The number of cyclic esters (lactones) is 1. The zero-order chi connectivity index (χ0) is 24.4. The highest BCUT2D eigenvalue weighted by molar-refractivity contribution is 8.01. The molecule has 1 fully saturated rings. The van der Waals surface area contributed by atoms with Crippen LogP contribution >= 0.6 is 11.8 Å². The molecule has 1 aromatic heterocycles. The Balaban J connectivity index is 1.85. The van der Waals surface area contributed by atoms with Crippen molar-refractivity contribution >= 4 is 23.5 Å². The van der Waals surface area contributed by atoms with Crippen molar-refractivity contribution in [3.63, 3.8) is 0 Å². The first-order chi connectivity index (χ1) is 15.5. The molecule has 2 aromatic rings. The number of aliphatic hydroxyl groups is 1. The Morgan fingerprint density at radius 1 is 1.21 bits per heavy atom. The minimum Gasteiger partial charge on any atom is -0.457 e. The van der Waals surface area contributed by atoms with Gasteiger partial charge >= 0.3 is 5.97 Å². The van der Waals surface area contributed by atoms with Gasteiger partial charge in [0.15, 0.2) is 11.0 Å². The van der Waals surface area contributed by atoms with Gasteiger partial charge in [-0.3, -0.25) is 14.6 Å². The van der Waals surface area contributed by atoms with Gasteiger partial charge in [0.05, 0.1) is 6.61 Å². The maximum atomic E-state index is 13.3. The molecule has 1 saturated heterocycles. The highest BCUT2D eigenvalue weighted by atomic mass is 32.2. The zero-order valence-corrected chi connectivity index (χ0v) is 21.3. The Kier molecular flexibility index (Phi) is 7.69. The van der Waals surface area contributed by atoms with Crippen LogP contribution in [0.25, 0.3) is 0 Å². The van der Waals surface area contributed by atoms with E-state index in [1.807, 2.05) is 45.0 Å². The predicted molar refractivity (Wildman–Crippen MR) is 131 cm³/mol. The highest BCUT2D eigenvalue weighted by Crippen LogP contribution is 2.42. The quantitative estimate of drug-likeness (QED) is 0.445. The number of Topliss-reactive ketones (excluding diaryl/α,β-unsaturated/α-hetero) is 1. The first-order valence-corrected chi connectivity index (χ1v) is 12.4. The number of pyridine rings is 1. The number of ether oxygens (including phenoxy) is 1. The van der Waals surface area contributed by atoms with Crippen LogP contribution < -0.4 is 0 Å². The molecule has 1 N–H and O–H groups in total. The van der Waals surface area contributed by atoms with Crippen molar-refractivity contribution in [2.75, 3.05) is 0 Å². The molecule has 0 spiro atoms. The number of carbonyl (C=O) groups is 2. The van der Waals surface area contributed by atoms with Gasteiger partial charge in [0, 0.05) is 23.7 Å². The molecule has 1 aliphatic rings. The number of hydrogen-bond donors (Lipinski definition) is 1. The van der Waals surface area contributed by atoms with Gasteiger partial charge < -0.3 is 9.84 Å². The Hall–Kier alpha value is -2.18. The summed E-state index contributed by atoms with van der Waals surface area (Å²) in [6.45, 7) is 12.2. The van der Waals surface area contributed by atoms with Gasteiger partial charge in [0.25, 0.3) is 0 Å². The van der Waals surface area contributed by atoms with Crippen LogP contribution in [0.5, 0.6) is 0 Å². The van der Waals surface area contributed by atoms with Crippen molar-refractivity contribution in [2.45, 2.75) is 88.6 Å². The lowest BCUT2D eigenvalue weighted by Gasteiger charge is -2.41. The minimum absolute atomic E-state index is 0.0226. The van der Waals surface area contributed by atoms with E-state index >= 15 is 0 Å². The summed E-state index contributed by atoms with van der Waals surface area (Å²) in [6.07, 6.45) is 5.03. The summed E-state index contributed by atoms with van der Waals surface area (Å²) in [5, 5.41) is 8.83. The SMILES string of the molecule is Cc1cc(SC2C(=O)CC(CCc3ccncc3)(C(C)C)OC2=O)c(C(C)(C)C)cc1CO. The average Bonchev–Trinajstić information content (AvgIpc) is 2.74. The summed E-state index contributed by atoms with van der Waals surface area (Å²) in [7, 11) is 0. The van der Waals surface area contributed by atoms with Gasteiger partial charge in [-0.05, 0) is 71.6 Å². The number of ketones is 1. The molecular weight excluding hydrogens is 434 g/mol. The van der Waals surface area contributed by atoms with Crippen LogP contribution in [0, 0.1) is 12.8 Å². The fraction of sp³-hybridized carbons (Fsp3) is 0.519. The molecule has 6 heteroatoms. The van der Waals surface area contributed by atoms with Crippen LogP contribution in [-0.4, -0.2) is 32.7 Å². The molecule has 0 aliphatic carbocycles. The average molecular weight is 470 g/mol. The predicted octanol–water partition coefficient (Wildman–Crippen LogP) is 5.18. The third-order valence-corrected chi connectivity index (χ3v) is 7.87. The highest BCUT2D eigenvalue weighted by Gasteiger charge is 2.49. The summed E-state index contributed by atoms with van der Waals surface area (Å²) in [5.41, 5.74) is 2.93. The third kappa shape index (κ3) is 5.67. The monoisotopic (exact) mass is 469 g/mol. The summed E-state index contributed by atoms with van der Waals surface area (Å²) >= 11 is 1.28. The van der Waals surface area contributed by atoms with Crippen LogP contribution in [0.15, 0.2) is 41.6 Å². The smallest absolute Gasteiger partial charge is 0.327 e. The maximum absolute atomic E-state index is 13.3. The minimum atomic E-state index is -0.877. The Bertz CT molecular complexity index is 993. The molecule has 2 unspecified atom stereocenters. The van der Waals surface area contributed by atoms with E-state index in [2.05, 4.69) is 25.8 Å². The molecule has 33 heavy (non-hydrogen) atoms. The second kappa shape index (κ2) is 9.98. The number of esters is 1. The van der Waals surface area contributed by atoms with Gasteiger partial charge in [-0.25, -0.2) is 0 Å². The lowest BCUT2D eigenvalue weighted by atomic mass is 9.78. The van der Waals surface area contributed by atoms with Gasteiger partial charge in [0.2, 0.25) is 0 Å². The molecule has 1 aromatic carbocycles. The number of rotatable bonds is 7. The Morgan fingerprint density at radius 3 is 2.42 bits per heavy atom. The van der Waals surface area contributed by atoms with Crippen LogP contribution in [0.3, 0.4) is 0 Å². The van der Waals surface area contributed by atoms with Crippen molar-refractivity contribution in [3.8, 4) is 0 Å². The van der Waals surface area contributed by atoms with Crippen LogP contribution in [0.2, 0.25) is 0 Å². The molecule has 0 amide bonds. The largest absolute Gasteiger partial charge is 0.457 e. The van der Waals surface area contributed by atoms with E-state index in [0.717, 1.165) is 33.6 Å². The molecule has 2 atom stereocenters. The second-order valence-corrected chi connectivity index (χ2v) is 11.5. The standard InChI is InChI=1S/C27H35NO4S/c1-17(2)27(10-7-19-8-11-28-12-9-19)15-22(30)24(25(31)32-27)33-23-13-18(3)20(16-29)14-21(23)26(4,5)6/h8-9,11-14,17,24,29H,7,10,15-16H2,1-6H3. The number of aryl methyl sites for hydroxylation is 2. The van der Waals surface area contributed by atoms with Crippen molar-refractivity contribution < 1.29 is 19.4 Å². The molecule has 0 saturated carbocycles. The molecule has 2 heterocycles. The zero-order valence-electron chi connectivity index (χ0n) is 20.5. The summed E-state index contributed by atoms with van der Waals surface area (Å²) in [5.74, 6) is -0.513. The van der Waals surface area contributed by atoms with Gasteiger partial charge in [-0.2, -0.15) is 0 Å². The summed E-state index contributed by atoms with van der Waals surface area (Å²) < 4.78 is 6.08. The number of hydrogen-bond acceptors (Lipinski definition) is 6. The Labute approximate surface area is 201 Å². The fourth-order valence-corrected chi connectivity index (χ4v) is 5.64. The fourth-order valence-electron chi connectivity index (χ4n) is 4.29. The van der Waals surface area contributed by atoms with Crippen molar-refractivity contribution in [2.24, 2.45) is 5.92 Å². The molecule has 3 rings (SSSR count). The van der Waals surface area contributed by atoms with E-state index in [1.54, 1.807) is 12.4 Å². The molecular formula is C27H35NO4S. The van der Waals surface area contributed by atoms with Crippen molar-refractivity contribution in [1.82, 2.24) is 4.98 Å². The lowest BCUT2D eigenvalue weighted by Crippen LogP contribution is -2.52. The van der Waals surface area contributed by atoms with Crippen molar-refractivity contribution in [3.05, 3.63) is 58.9 Å². The summed E-state index contributed by atoms with van der Waals surface area (Å²) in [6, 6.07) is 7.87. The normalized spacial score (nSPS) is 21.4. The van der Waals surface area contributed by atoms with E-state index in [-0.39, 0.29) is 30.1 Å². The maximum Gasteiger partial charge on any atom is 0.327 e. The first-order valence-electron chi connectivity index (χ1n) is 11.5. The van der Waals surface area contributed by atoms with Crippen LogP contribution in [0.4, 0.5) is 0 Å². The first kappa shape index (κ1) is 25.4. The van der Waals surface area contributed by atoms with Gasteiger partial charge in [-0.1, -0.05) is 40.7 Å². The number of thioether (sulfide) groups is 1.